The fourth-order valence-corrected chi connectivity index (χ4v) is 2.21. The van der Waals surface area contributed by atoms with E-state index in [0.717, 1.165) is 13.0 Å². The molecule has 1 aliphatic heterocycles. The number of nitrogens with one attached hydrogen (secondary N) is 1. The number of benzene rings is 1. The minimum atomic E-state index is -4.28. The highest BCUT2D eigenvalue weighted by atomic mass is 19.4. The normalized spacial score (nSPS) is 17.6. The molecule has 1 atom stereocenters. The summed E-state index contributed by atoms with van der Waals surface area (Å²) in [5, 5.41) is 2.83. The average molecular weight is 285 g/mol. The molecule has 1 aliphatic rings. The number of halogens is 3. The monoisotopic (exact) mass is 285 g/mol. The molecular weight excluding hydrogens is 267 g/mol. The van der Waals surface area contributed by atoms with E-state index in [9.17, 15) is 13.2 Å². The van der Waals surface area contributed by atoms with Crippen LogP contribution in [0.15, 0.2) is 35.3 Å². The van der Waals surface area contributed by atoms with Gasteiger partial charge in [-0.3, -0.25) is 4.99 Å². The minimum absolute atomic E-state index is 0.198. The van der Waals surface area contributed by atoms with Gasteiger partial charge >= 0.3 is 6.18 Å². The van der Waals surface area contributed by atoms with E-state index in [4.69, 9.17) is 0 Å². The summed E-state index contributed by atoms with van der Waals surface area (Å²) < 4.78 is 39.5. The van der Waals surface area contributed by atoms with Crippen LogP contribution in [0.3, 0.4) is 0 Å². The molecule has 1 N–H and O–H groups in total. The highest BCUT2D eigenvalue weighted by molar-refractivity contribution is 5.80. The summed E-state index contributed by atoms with van der Waals surface area (Å²) >= 11 is 0. The Morgan fingerprint density at radius 2 is 2.00 bits per heavy atom. The molecule has 0 saturated heterocycles. The third kappa shape index (κ3) is 3.65. The Morgan fingerprint density at radius 1 is 1.30 bits per heavy atom. The molecule has 1 aromatic carbocycles. The Morgan fingerprint density at radius 3 is 2.60 bits per heavy atom. The van der Waals surface area contributed by atoms with Crippen LogP contribution in [0.25, 0.3) is 0 Å². The summed E-state index contributed by atoms with van der Waals surface area (Å²) in [6.07, 6.45) is -3.34. The smallest absolute Gasteiger partial charge is 0.355 e. The SMILES string of the molecule is CN1CCCN=C1NCC(c1ccccc1)C(F)(F)F. The van der Waals surface area contributed by atoms with Crippen molar-refractivity contribution in [1.29, 1.82) is 0 Å². The lowest BCUT2D eigenvalue weighted by molar-refractivity contribution is -0.148. The van der Waals surface area contributed by atoms with Crippen LogP contribution in [0.4, 0.5) is 13.2 Å². The van der Waals surface area contributed by atoms with Crippen LogP contribution in [0.1, 0.15) is 17.9 Å². The Kier molecular flexibility index (Phi) is 4.52. The summed E-state index contributed by atoms with van der Waals surface area (Å²) in [6, 6.07) is 7.97. The number of guanidine groups is 1. The van der Waals surface area contributed by atoms with Gasteiger partial charge in [0.05, 0.1) is 5.92 Å². The van der Waals surface area contributed by atoms with E-state index in [-0.39, 0.29) is 12.1 Å². The van der Waals surface area contributed by atoms with E-state index < -0.39 is 12.1 Å². The van der Waals surface area contributed by atoms with Gasteiger partial charge in [0.25, 0.3) is 0 Å². The Hall–Kier alpha value is -1.72. The summed E-state index contributed by atoms with van der Waals surface area (Å²) in [5.41, 5.74) is 0.270. The molecule has 0 fully saturated rings. The van der Waals surface area contributed by atoms with Crippen LogP contribution < -0.4 is 5.32 Å². The zero-order valence-corrected chi connectivity index (χ0v) is 11.3. The number of rotatable bonds is 3. The van der Waals surface area contributed by atoms with Gasteiger partial charge in [0, 0.05) is 26.7 Å². The average Bonchev–Trinajstić information content (AvgIpc) is 2.41. The number of hydrogen-bond acceptors (Lipinski definition) is 3. The van der Waals surface area contributed by atoms with E-state index in [2.05, 4.69) is 10.3 Å². The van der Waals surface area contributed by atoms with Gasteiger partial charge in [0.1, 0.15) is 0 Å². The first-order valence-electron chi connectivity index (χ1n) is 6.59. The molecule has 0 spiro atoms. The topological polar surface area (TPSA) is 27.6 Å². The molecule has 110 valence electrons. The van der Waals surface area contributed by atoms with Crippen molar-refractivity contribution in [3.63, 3.8) is 0 Å². The second kappa shape index (κ2) is 6.15. The standard InChI is InChI=1S/C14H18F3N3/c1-20-9-5-8-18-13(20)19-10-12(14(15,16)17)11-6-3-2-4-7-11/h2-4,6-7,12H,5,8-10H2,1H3,(H,18,19). The third-order valence-corrected chi connectivity index (χ3v) is 3.34. The molecule has 0 saturated carbocycles. The third-order valence-electron chi connectivity index (χ3n) is 3.34. The second-order valence-corrected chi connectivity index (χ2v) is 4.87. The van der Waals surface area contributed by atoms with Gasteiger partial charge in [-0.1, -0.05) is 30.3 Å². The lowest BCUT2D eigenvalue weighted by atomic mass is 9.98. The van der Waals surface area contributed by atoms with Gasteiger partial charge in [-0.15, -0.1) is 0 Å². The highest BCUT2D eigenvalue weighted by Gasteiger charge is 2.40. The second-order valence-electron chi connectivity index (χ2n) is 4.87. The van der Waals surface area contributed by atoms with Gasteiger partial charge in [-0.05, 0) is 12.0 Å². The zero-order chi connectivity index (χ0) is 14.6. The maximum atomic E-state index is 13.2. The molecule has 0 aliphatic carbocycles. The largest absolute Gasteiger partial charge is 0.397 e. The van der Waals surface area contributed by atoms with E-state index in [1.165, 1.54) is 12.1 Å². The molecule has 2 rings (SSSR count). The molecule has 0 amide bonds. The zero-order valence-electron chi connectivity index (χ0n) is 11.3. The van der Waals surface area contributed by atoms with Crippen LogP contribution in [0, 0.1) is 0 Å². The van der Waals surface area contributed by atoms with Crippen molar-refractivity contribution in [3.8, 4) is 0 Å². The van der Waals surface area contributed by atoms with Gasteiger partial charge in [0.15, 0.2) is 5.96 Å². The lowest BCUT2D eigenvalue weighted by Gasteiger charge is -2.28. The van der Waals surface area contributed by atoms with Crippen molar-refractivity contribution >= 4 is 5.96 Å². The number of aliphatic imine (C=N–C) groups is 1. The maximum absolute atomic E-state index is 13.2. The molecule has 0 aromatic heterocycles. The predicted molar refractivity (Wildman–Crippen MR) is 72.8 cm³/mol. The fraction of sp³-hybridized carbons (Fsp3) is 0.500. The molecule has 3 nitrogen and oxygen atoms in total. The molecular formula is C14H18F3N3. The Bertz CT molecular complexity index is 456. The molecule has 0 bridgehead atoms. The number of alkyl halides is 3. The van der Waals surface area contributed by atoms with Crippen LogP contribution in [-0.4, -0.2) is 43.7 Å². The van der Waals surface area contributed by atoms with Crippen molar-refractivity contribution < 1.29 is 13.2 Å². The van der Waals surface area contributed by atoms with Crippen molar-refractivity contribution in [1.82, 2.24) is 10.2 Å². The molecule has 20 heavy (non-hydrogen) atoms. The first-order chi connectivity index (χ1) is 9.48. The molecule has 1 unspecified atom stereocenters. The van der Waals surface area contributed by atoms with Crippen molar-refractivity contribution in [3.05, 3.63) is 35.9 Å². The summed E-state index contributed by atoms with van der Waals surface area (Å²) in [4.78, 5) is 6.07. The highest BCUT2D eigenvalue weighted by Crippen LogP contribution is 2.34. The Labute approximate surface area is 116 Å². The lowest BCUT2D eigenvalue weighted by Crippen LogP contribution is -2.45. The molecule has 1 heterocycles. The molecule has 0 radical (unpaired) electrons. The maximum Gasteiger partial charge on any atom is 0.397 e. The van der Waals surface area contributed by atoms with E-state index in [0.29, 0.717) is 12.5 Å². The van der Waals surface area contributed by atoms with E-state index in [1.807, 2.05) is 11.9 Å². The predicted octanol–water partition coefficient (Wildman–Crippen LogP) is 2.61. The quantitative estimate of drug-likeness (QED) is 0.924. The van der Waals surface area contributed by atoms with E-state index >= 15 is 0 Å². The molecule has 6 heteroatoms. The van der Waals surface area contributed by atoms with Crippen LogP contribution in [0.2, 0.25) is 0 Å². The summed E-state index contributed by atoms with van der Waals surface area (Å²) in [5.74, 6) is -0.983. The van der Waals surface area contributed by atoms with Crippen molar-refractivity contribution in [2.75, 3.05) is 26.7 Å². The van der Waals surface area contributed by atoms with Crippen LogP contribution >= 0.6 is 0 Å². The van der Waals surface area contributed by atoms with Crippen molar-refractivity contribution in [2.45, 2.75) is 18.5 Å². The minimum Gasteiger partial charge on any atom is -0.355 e. The van der Waals surface area contributed by atoms with Gasteiger partial charge in [-0.25, -0.2) is 0 Å². The first kappa shape index (κ1) is 14.7. The van der Waals surface area contributed by atoms with E-state index in [1.54, 1.807) is 18.2 Å². The van der Waals surface area contributed by atoms with Gasteiger partial charge < -0.3 is 10.2 Å². The van der Waals surface area contributed by atoms with Gasteiger partial charge in [0.2, 0.25) is 0 Å². The Balaban J connectivity index is 2.08. The van der Waals surface area contributed by atoms with Crippen LogP contribution in [0.5, 0.6) is 0 Å². The van der Waals surface area contributed by atoms with Crippen LogP contribution in [-0.2, 0) is 0 Å². The van der Waals surface area contributed by atoms with Gasteiger partial charge in [-0.2, -0.15) is 13.2 Å². The first-order valence-corrected chi connectivity index (χ1v) is 6.59. The van der Waals surface area contributed by atoms with Crippen molar-refractivity contribution in [2.24, 2.45) is 4.99 Å². The summed E-state index contributed by atoms with van der Waals surface area (Å²) in [7, 11) is 1.83. The number of nitrogens with zero attached hydrogens (tertiary/aromatic N) is 2. The summed E-state index contributed by atoms with van der Waals surface area (Å²) in [6.45, 7) is 1.28. The number of hydrogen-bond donors (Lipinski definition) is 1. The fourth-order valence-electron chi connectivity index (χ4n) is 2.21. The molecule has 1 aromatic rings.